The van der Waals surface area contributed by atoms with Crippen LogP contribution < -0.4 is 4.90 Å². The van der Waals surface area contributed by atoms with Gasteiger partial charge in [-0.1, -0.05) is 38.0 Å². The molecule has 0 radical (unpaired) electrons. The minimum Gasteiger partial charge on any atom is -0.478 e. The summed E-state index contributed by atoms with van der Waals surface area (Å²) in [6, 6.07) is 9.30. The lowest BCUT2D eigenvalue weighted by molar-refractivity contribution is 0.0697. The van der Waals surface area contributed by atoms with Crippen LogP contribution in [0.3, 0.4) is 0 Å². The van der Waals surface area contributed by atoms with E-state index in [1.165, 1.54) is 0 Å². The van der Waals surface area contributed by atoms with Crippen molar-refractivity contribution in [1.82, 2.24) is 4.98 Å². The average Bonchev–Trinajstić information content (AvgIpc) is 2.46. The summed E-state index contributed by atoms with van der Waals surface area (Å²) in [5.41, 5.74) is 1.09. The van der Waals surface area contributed by atoms with Crippen molar-refractivity contribution in [1.29, 1.82) is 0 Å². The molecule has 0 saturated heterocycles. The molecule has 20 heavy (non-hydrogen) atoms. The van der Waals surface area contributed by atoms with Gasteiger partial charge in [0.1, 0.15) is 11.4 Å². The number of aromatic carboxylic acids is 1. The van der Waals surface area contributed by atoms with Gasteiger partial charge in [0.25, 0.3) is 0 Å². The molecule has 1 aromatic heterocycles. The molecular formula is C16H20N2O2. The van der Waals surface area contributed by atoms with E-state index in [9.17, 15) is 9.90 Å². The van der Waals surface area contributed by atoms with Crippen molar-refractivity contribution in [2.75, 3.05) is 18.5 Å². The number of para-hydroxylation sites is 1. The average molecular weight is 272 g/mol. The molecule has 106 valence electrons. The zero-order chi connectivity index (χ0) is 14.5. The first-order valence-electron chi connectivity index (χ1n) is 6.97. The molecule has 0 spiro atoms. The zero-order valence-electron chi connectivity index (χ0n) is 12.0. The molecule has 0 unspecified atom stereocenters. The number of rotatable bonds is 6. The molecule has 1 aromatic carbocycles. The van der Waals surface area contributed by atoms with Gasteiger partial charge in [0.2, 0.25) is 0 Å². The van der Waals surface area contributed by atoms with E-state index in [-0.39, 0.29) is 5.56 Å². The second-order valence-electron chi connectivity index (χ2n) is 4.99. The number of hydrogen-bond donors (Lipinski definition) is 1. The molecule has 4 heteroatoms. The number of aromatic nitrogens is 1. The molecule has 2 rings (SSSR count). The van der Waals surface area contributed by atoms with Crippen LogP contribution in [0.2, 0.25) is 0 Å². The molecule has 0 bridgehead atoms. The van der Waals surface area contributed by atoms with Crippen molar-refractivity contribution in [3.8, 4) is 0 Å². The van der Waals surface area contributed by atoms with Crippen LogP contribution in [0.4, 0.5) is 5.82 Å². The van der Waals surface area contributed by atoms with Gasteiger partial charge >= 0.3 is 5.97 Å². The van der Waals surface area contributed by atoms with Gasteiger partial charge in [-0.2, -0.15) is 0 Å². The summed E-state index contributed by atoms with van der Waals surface area (Å²) in [5.74, 6) is -0.382. The van der Waals surface area contributed by atoms with Crippen molar-refractivity contribution >= 4 is 22.7 Å². The minimum absolute atomic E-state index is 0.266. The summed E-state index contributed by atoms with van der Waals surface area (Å²) < 4.78 is 0. The number of pyridine rings is 1. The van der Waals surface area contributed by atoms with Crippen molar-refractivity contribution in [3.63, 3.8) is 0 Å². The van der Waals surface area contributed by atoms with E-state index in [0.717, 1.165) is 36.7 Å². The topological polar surface area (TPSA) is 53.4 Å². The monoisotopic (exact) mass is 272 g/mol. The number of carboxylic acids is 1. The smallest absolute Gasteiger partial charge is 0.339 e. The Morgan fingerprint density at radius 2 is 2.05 bits per heavy atom. The fraction of sp³-hybridized carbons (Fsp3) is 0.375. The number of carboxylic acid groups (broad SMARTS) is 1. The van der Waals surface area contributed by atoms with Gasteiger partial charge in [-0.25, -0.2) is 9.78 Å². The Bertz CT molecular complexity index is 610. The Kier molecular flexibility index (Phi) is 4.56. The van der Waals surface area contributed by atoms with Crippen molar-refractivity contribution in [3.05, 3.63) is 35.9 Å². The Morgan fingerprint density at radius 1 is 1.30 bits per heavy atom. The van der Waals surface area contributed by atoms with Gasteiger partial charge in [-0.3, -0.25) is 0 Å². The number of anilines is 1. The van der Waals surface area contributed by atoms with E-state index in [1.807, 2.05) is 36.2 Å². The van der Waals surface area contributed by atoms with Crippen molar-refractivity contribution < 1.29 is 9.90 Å². The fourth-order valence-electron chi connectivity index (χ4n) is 2.26. The van der Waals surface area contributed by atoms with Crippen LogP contribution in [0.1, 0.15) is 36.5 Å². The third kappa shape index (κ3) is 3.07. The molecule has 0 amide bonds. The molecule has 4 nitrogen and oxygen atoms in total. The third-order valence-electron chi connectivity index (χ3n) is 3.39. The molecule has 1 N–H and O–H groups in total. The number of benzene rings is 1. The molecule has 0 aliphatic rings. The molecular weight excluding hydrogens is 252 g/mol. The summed E-state index contributed by atoms with van der Waals surface area (Å²) in [4.78, 5) is 17.9. The van der Waals surface area contributed by atoms with Gasteiger partial charge in [0, 0.05) is 19.0 Å². The van der Waals surface area contributed by atoms with E-state index in [1.54, 1.807) is 6.07 Å². The highest BCUT2D eigenvalue weighted by Crippen LogP contribution is 2.23. The lowest BCUT2D eigenvalue weighted by Crippen LogP contribution is -2.22. The van der Waals surface area contributed by atoms with Crippen LogP contribution in [0.25, 0.3) is 10.9 Å². The van der Waals surface area contributed by atoms with Crippen LogP contribution in [-0.2, 0) is 0 Å². The number of nitrogens with zero attached hydrogens (tertiary/aromatic N) is 2. The lowest BCUT2D eigenvalue weighted by Gasteiger charge is -2.20. The first-order valence-corrected chi connectivity index (χ1v) is 6.97. The van der Waals surface area contributed by atoms with Crippen LogP contribution in [0, 0.1) is 0 Å². The first-order chi connectivity index (χ1) is 9.63. The summed E-state index contributed by atoms with van der Waals surface area (Å²) in [6.07, 6.45) is 3.33. The van der Waals surface area contributed by atoms with E-state index in [0.29, 0.717) is 5.82 Å². The number of hydrogen-bond acceptors (Lipinski definition) is 3. The molecule has 0 saturated carbocycles. The SMILES string of the molecule is CCCCCN(C)c1nc2ccccc2cc1C(=O)O. The van der Waals surface area contributed by atoms with Crippen LogP contribution in [0.5, 0.6) is 0 Å². The van der Waals surface area contributed by atoms with Gasteiger partial charge < -0.3 is 10.0 Å². The normalized spacial score (nSPS) is 10.7. The Balaban J connectivity index is 2.38. The van der Waals surface area contributed by atoms with Gasteiger partial charge in [-0.15, -0.1) is 0 Å². The van der Waals surface area contributed by atoms with Crippen molar-refractivity contribution in [2.45, 2.75) is 26.2 Å². The zero-order valence-corrected chi connectivity index (χ0v) is 12.0. The lowest BCUT2D eigenvalue weighted by atomic mass is 10.1. The molecule has 1 heterocycles. The Labute approximate surface area is 119 Å². The van der Waals surface area contributed by atoms with E-state index in [2.05, 4.69) is 11.9 Å². The largest absolute Gasteiger partial charge is 0.478 e. The van der Waals surface area contributed by atoms with Crippen LogP contribution in [-0.4, -0.2) is 29.7 Å². The maximum atomic E-state index is 11.4. The van der Waals surface area contributed by atoms with Crippen molar-refractivity contribution in [2.24, 2.45) is 0 Å². The highest BCUT2D eigenvalue weighted by molar-refractivity contribution is 5.98. The second kappa shape index (κ2) is 6.37. The van der Waals surface area contributed by atoms with E-state index < -0.39 is 5.97 Å². The Morgan fingerprint density at radius 3 is 2.75 bits per heavy atom. The summed E-state index contributed by atoms with van der Waals surface area (Å²) in [5, 5.41) is 10.2. The number of fused-ring (bicyclic) bond motifs is 1. The first kappa shape index (κ1) is 14.3. The number of carbonyl (C=O) groups is 1. The molecule has 2 aromatic rings. The van der Waals surface area contributed by atoms with Gasteiger partial charge in [0.05, 0.1) is 5.52 Å². The summed E-state index contributed by atoms with van der Waals surface area (Å²) in [6.45, 7) is 2.97. The molecule has 0 atom stereocenters. The minimum atomic E-state index is -0.930. The molecule has 0 aliphatic carbocycles. The quantitative estimate of drug-likeness (QED) is 0.817. The summed E-state index contributed by atoms with van der Waals surface area (Å²) >= 11 is 0. The Hall–Kier alpha value is -2.10. The number of unbranched alkanes of at least 4 members (excludes halogenated alkanes) is 2. The maximum Gasteiger partial charge on any atom is 0.339 e. The predicted octanol–water partition coefficient (Wildman–Crippen LogP) is 3.56. The van der Waals surface area contributed by atoms with Crippen LogP contribution in [0.15, 0.2) is 30.3 Å². The van der Waals surface area contributed by atoms with E-state index >= 15 is 0 Å². The second-order valence-corrected chi connectivity index (χ2v) is 4.99. The summed E-state index contributed by atoms with van der Waals surface area (Å²) in [7, 11) is 1.90. The highest BCUT2D eigenvalue weighted by atomic mass is 16.4. The fourth-order valence-corrected chi connectivity index (χ4v) is 2.26. The van der Waals surface area contributed by atoms with Gasteiger partial charge in [-0.05, 0) is 18.6 Å². The molecule has 0 aliphatic heterocycles. The van der Waals surface area contributed by atoms with Crippen LogP contribution >= 0.6 is 0 Å². The van der Waals surface area contributed by atoms with Gasteiger partial charge in [0.15, 0.2) is 0 Å². The maximum absolute atomic E-state index is 11.4. The predicted molar refractivity (Wildman–Crippen MR) is 81.5 cm³/mol. The molecule has 0 fully saturated rings. The van der Waals surface area contributed by atoms with E-state index in [4.69, 9.17) is 0 Å². The third-order valence-corrected chi connectivity index (χ3v) is 3.39. The highest BCUT2D eigenvalue weighted by Gasteiger charge is 2.16. The standard InChI is InChI=1S/C16H20N2O2/c1-3-4-7-10-18(2)15-13(16(19)20)11-12-8-5-6-9-14(12)17-15/h5-6,8-9,11H,3-4,7,10H2,1-2H3,(H,19,20).